The topological polar surface area (TPSA) is 54.9 Å². The summed E-state index contributed by atoms with van der Waals surface area (Å²) in [6.07, 6.45) is 3.32. The maximum absolute atomic E-state index is 11.7. The Morgan fingerprint density at radius 1 is 1.06 bits per heavy atom. The number of carbonyl (C=O) groups excluding carboxylic acids is 1. The molecule has 0 aliphatic carbocycles. The highest BCUT2D eigenvalue weighted by Gasteiger charge is 2.05. The molecule has 0 unspecified atom stereocenters. The number of benzene rings is 1. The van der Waals surface area contributed by atoms with Crippen molar-refractivity contribution in [2.75, 3.05) is 5.32 Å². The van der Waals surface area contributed by atoms with E-state index < -0.39 is 0 Å². The van der Waals surface area contributed by atoms with Gasteiger partial charge in [-0.15, -0.1) is 0 Å². The first-order valence-electron chi connectivity index (χ1n) is 5.91. The molecule has 0 radical (unpaired) electrons. The Morgan fingerprint density at radius 2 is 1.61 bits per heavy atom. The van der Waals surface area contributed by atoms with Crippen molar-refractivity contribution in [1.29, 1.82) is 0 Å². The van der Waals surface area contributed by atoms with Gasteiger partial charge in [0, 0.05) is 18.0 Å². The molecule has 2 aromatic rings. The first-order valence-corrected chi connectivity index (χ1v) is 5.91. The van der Waals surface area contributed by atoms with Crippen molar-refractivity contribution in [1.82, 2.24) is 9.97 Å². The van der Waals surface area contributed by atoms with Crippen LogP contribution in [0.15, 0.2) is 42.7 Å². The predicted molar refractivity (Wildman–Crippen MR) is 72.5 cm³/mol. The summed E-state index contributed by atoms with van der Waals surface area (Å²) >= 11 is 0. The van der Waals surface area contributed by atoms with Gasteiger partial charge >= 0.3 is 0 Å². The standard InChI is InChI=1S/C12H11N3O.C2H6/c1-9-7-13-12(14-8-9)15-11(16)10-5-3-2-4-6-10;1-2/h2-8H,1H3,(H,13,14,15,16);1-2H3. The number of hydrogen-bond acceptors (Lipinski definition) is 3. The van der Waals surface area contributed by atoms with Crippen LogP contribution in [-0.4, -0.2) is 15.9 Å². The fourth-order valence-electron chi connectivity index (χ4n) is 1.22. The van der Waals surface area contributed by atoms with E-state index in [4.69, 9.17) is 0 Å². The second-order valence-corrected chi connectivity index (χ2v) is 3.40. The minimum Gasteiger partial charge on any atom is -0.290 e. The molecule has 4 nitrogen and oxygen atoms in total. The van der Waals surface area contributed by atoms with E-state index >= 15 is 0 Å². The number of hydrogen-bond donors (Lipinski definition) is 1. The van der Waals surface area contributed by atoms with E-state index in [0.29, 0.717) is 11.5 Å². The maximum Gasteiger partial charge on any atom is 0.258 e. The van der Waals surface area contributed by atoms with Gasteiger partial charge in [0.2, 0.25) is 5.95 Å². The SMILES string of the molecule is CC.Cc1cnc(NC(=O)c2ccccc2)nc1. The van der Waals surface area contributed by atoms with Crippen molar-refractivity contribution in [3.8, 4) is 0 Å². The molecule has 94 valence electrons. The summed E-state index contributed by atoms with van der Waals surface area (Å²) in [6, 6.07) is 8.96. The van der Waals surface area contributed by atoms with Gasteiger partial charge in [0.1, 0.15) is 0 Å². The number of nitrogens with one attached hydrogen (secondary N) is 1. The minimum absolute atomic E-state index is 0.204. The van der Waals surface area contributed by atoms with Crippen LogP contribution < -0.4 is 5.32 Å². The van der Waals surface area contributed by atoms with Crippen LogP contribution in [0.5, 0.6) is 0 Å². The van der Waals surface area contributed by atoms with E-state index in [9.17, 15) is 4.79 Å². The molecule has 4 heteroatoms. The summed E-state index contributed by atoms with van der Waals surface area (Å²) < 4.78 is 0. The lowest BCUT2D eigenvalue weighted by Gasteiger charge is -2.02. The van der Waals surface area contributed by atoms with Gasteiger partial charge in [-0.05, 0) is 24.6 Å². The third kappa shape index (κ3) is 3.97. The average molecular weight is 243 g/mol. The fraction of sp³-hybridized carbons (Fsp3) is 0.214. The maximum atomic E-state index is 11.7. The van der Waals surface area contributed by atoms with Crippen LogP contribution >= 0.6 is 0 Å². The van der Waals surface area contributed by atoms with E-state index in [1.807, 2.05) is 39.0 Å². The van der Waals surface area contributed by atoms with Gasteiger partial charge in [0.25, 0.3) is 5.91 Å². The highest BCUT2D eigenvalue weighted by molar-refractivity contribution is 6.03. The monoisotopic (exact) mass is 243 g/mol. The van der Waals surface area contributed by atoms with Gasteiger partial charge in [-0.25, -0.2) is 9.97 Å². The zero-order chi connectivity index (χ0) is 13.4. The molecule has 2 rings (SSSR count). The summed E-state index contributed by atoms with van der Waals surface area (Å²) in [5, 5.41) is 2.62. The van der Waals surface area contributed by atoms with Gasteiger partial charge in [0.15, 0.2) is 0 Å². The summed E-state index contributed by atoms with van der Waals surface area (Å²) in [4.78, 5) is 19.7. The number of anilines is 1. The summed E-state index contributed by atoms with van der Waals surface area (Å²) in [5.74, 6) is 0.115. The number of nitrogens with zero attached hydrogens (tertiary/aromatic N) is 2. The van der Waals surface area contributed by atoms with Crippen LogP contribution in [-0.2, 0) is 0 Å². The zero-order valence-corrected chi connectivity index (χ0v) is 10.8. The van der Waals surface area contributed by atoms with E-state index in [2.05, 4.69) is 15.3 Å². The first-order chi connectivity index (χ1) is 8.75. The van der Waals surface area contributed by atoms with Gasteiger partial charge in [0.05, 0.1) is 0 Å². The Kier molecular flexibility index (Phi) is 5.51. The molecule has 1 N–H and O–H groups in total. The molecule has 1 heterocycles. The molecule has 18 heavy (non-hydrogen) atoms. The van der Waals surface area contributed by atoms with E-state index in [1.54, 1.807) is 24.5 Å². The Balaban J connectivity index is 0.000000771. The van der Waals surface area contributed by atoms with Crippen molar-refractivity contribution in [3.63, 3.8) is 0 Å². The molecule has 0 spiro atoms. The first kappa shape index (κ1) is 13.8. The van der Waals surface area contributed by atoms with E-state index in [-0.39, 0.29) is 5.91 Å². The smallest absolute Gasteiger partial charge is 0.258 e. The molecule has 1 aromatic heterocycles. The number of aromatic nitrogens is 2. The van der Waals surface area contributed by atoms with Crippen molar-refractivity contribution in [2.45, 2.75) is 20.8 Å². The minimum atomic E-state index is -0.204. The van der Waals surface area contributed by atoms with Crippen molar-refractivity contribution < 1.29 is 4.79 Å². The van der Waals surface area contributed by atoms with E-state index in [1.165, 1.54) is 0 Å². The second kappa shape index (κ2) is 7.17. The lowest BCUT2D eigenvalue weighted by atomic mass is 10.2. The predicted octanol–water partition coefficient (Wildman–Crippen LogP) is 3.06. The second-order valence-electron chi connectivity index (χ2n) is 3.40. The molecule has 0 atom stereocenters. The van der Waals surface area contributed by atoms with Crippen LogP contribution in [0.4, 0.5) is 5.95 Å². The van der Waals surface area contributed by atoms with Gasteiger partial charge in [-0.2, -0.15) is 0 Å². The number of amides is 1. The molecule has 0 bridgehead atoms. The quantitative estimate of drug-likeness (QED) is 0.881. The van der Waals surface area contributed by atoms with Crippen LogP contribution in [0.1, 0.15) is 29.8 Å². The van der Waals surface area contributed by atoms with Crippen LogP contribution in [0.25, 0.3) is 0 Å². The van der Waals surface area contributed by atoms with Crippen molar-refractivity contribution >= 4 is 11.9 Å². The van der Waals surface area contributed by atoms with Crippen LogP contribution in [0.2, 0.25) is 0 Å². The third-order valence-corrected chi connectivity index (χ3v) is 2.04. The average Bonchev–Trinajstić information content (AvgIpc) is 2.44. The fourth-order valence-corrected chi connectivity index (χ4v) is 1.22. The van der Waals surface area contributed by atoms with Crippen LogP contribution in [0.3, 0.4) is 0 Å². The summed E-state index contributed by atoms with van der Waals surface area (Å²) in [5.41, 5.74) is 1.55. The molecular formula is C14H17N3O. The lowest BCUT2D eigenvalue weighted by Crippen LogP contribution is -2.13. The number of rotatable bonds is 2. The number of carbonyl (C=O) groups is 1. The zero-order valence-electron chi connectivity index (χ0n) is 10.8. The van der Waals surface area contributed by atoms with Crippen LogP contribution in [0, 0.1) is 6.92 Å². The summed E-state index contributed by atoms with van der Waals surface area (Å²) in [6.45, 7) is 5.89. The molecule has 1 aromatic carbocycles. The molecule has 0 saturated carbocycles. The Labute approximate surface area is 107 Å². The molecule has 1 amide bonds. The Morgan fingerprint density at radius 3 is 2.17 bits per heavy atom. The van der Waals surface area contributed by atoms with Gasteiger partial charge in [-0.1, -0.05) is 32.0 Å². The highest BCUT2D eigenvalue weighted by atomic mass is 16.1. The third-order valence-electron chi connectivity index (χ3n) is 2.04. The molecule has 0 aliphatic rings. The van der Waals surface area contributed by atoms with Gasteiger partial charge < -0.3 is 0 Å². The Hall–Kier alpha value is -2.23. The molecular weight excluding hydrogens is 226 g/mol. The highest BCUT2D eigenvalue weighted by Crippen LogP contribution is 2.03. The molecule has 0 fully saturated rings. The van der Waals surface area contributed by atoms with Crippen molar-refractivity contribution in [2.24, 2.45) is 0 Å². The van der Waals surface area contributed by atoms with Crippen molar-refractivity contribution in [3.05, 3.63) is 53.9 Å². The Bertz CT molecular complexity index is 480. The molecule has 0 saturated heterocycles. The largest absolute Gasteiger partial charge is 0.290 e. The van der Waals surface area contributed by atoms with E-state index in [0.717, 1.165) is 5.56 Å². The normalized spacial score (nSPS) is 9.06. The number of aryl methyl sites for hydroxylation is 1. The molecule has 0 aliphatic heterocycles. The van der Waals surface area contributed by atoms with Gasteiger partial charge in [-0.3, -0.25) is 10.1 Å². The summed E-state index contributed by atoms with van der Waals surface area (Å²) in [7, 11) is 0. The lowest BCUT2D eigenvalue weighted by molar-refractivity contribution is 0.102.